The van der Waals surface area contributed by atoms with Crippen LogP contribution < -0.4 is 9.47 Å². The standard InChI is InChI=1S/C14H19FO3/c1-9(15)10-6-11(14(2,3)8-16)13-12(7-10)17-4-5-18-13/h6-7,9,16H,4-5,8H2,1-3H3. The normalized spacial score (nSPS) is 16.5. The Bertz CT molecular complexity index is 441. The van der Waals surface area contributed by atoms with Crippen LogP contribution in [0.2, 0.25) is 0 Å². The quantitative estimate of drug-likeness (QED) is 0.901. The van der Waals surface area contributed by atoms with Crippen LogP contribution in [0, 0.1) is 0 Å². The lowest BCUT2D eigenvalue weighted by molar-refractivity contribution is 0.160. The molecule has 4 heteroatoms. The molecule has 0 spiro atoms. The van der Waals surface area contributed by atoms with Crippen molar-refractivity contribution in [1.29, 1.82) is 0 Å². The van der Waals surface area contributed by atoms with Gasteiger partial charge in [0.2, 0.25) is 0 Å². The number of aliphatic hydroxyl groups excluding tert-OH is 1. The van der Waals surface area contributed by atoms with E-state index in [0.29, 0.717) is 30.3 Å². The lowest BCUT2D eigenvalue weighted by Gasteiger charge is -2.29. The van der Waals surface area contributed by atoms with E-state index in [-0.39, 0.29) is 6.61 Å². The van der Waals surface area contributed by atoms with E-state index in [1.54, 1.807) is 12.1 Å². The zero-order chi connectivity index (χ0) is 13.3. The molecule has 1 aromatic rings. The van der Waals surface area contributed by atoms with Crippen molar-refractivity contribution in [2.45, 2.75) is 32.4 Å². The summed E-state index contributed by atoms with van der Waals surface area (Å²) in [7, 11) is 0. The predicted molar refractivity (Wildman–Crippen MR) is 67.1 cm³/mol. The van der Waals surface area contributed by atoms with E-state index in [1.165, 1.54) is 6.92 Å². The van der Waals surface area contributed by atoms with Gasteiger partial charge in [0, 0.05) is 11.0 Å². The number of benzene rings is 1. The van der Waals surface area contributed by atoms with Gasteiger partial charge in [-0.05, 0) is 24.6 Å². The fourth-order valence-corrected chi connectivity index (χ4v) is 1.99. The van der Waals surface area contributed by atoms with Crippen LogP contribution in [0.3, 0.4) is 0 Å². The average Bonchev–Trinajstić information content (AvgIpc) is 2.37. The smallest absolute Gasteiger partial charge is 0.165 e. The van der Waals surface area contributed by atoms with Crippen molar-refractivity contribution in [2.24, 2.45) is 0 Å². The van der Waals surface area contributed by atoms with Gasteiger partial charge in [0.1, 0.15) is 19.4 Å². The molecular weight excluding hydrogens is 235 g/mol. The molecule has 1 N–H and O–H groups in total. The summed E-state index contributed by atoms with van der Waals surface area (Å²) in [6, 6.07) is 3.44. The van der Waals surface area contributed by atoms with Gasteiger partial charge in [-0.2, -0.15) is 0 Å². The highest BCUT2D eigenvalue weighted by atomic mass is 19.1. The molecule has 0 saturated carbocycles. The van der Waals surface area contributed by atoms with E-state index in [9.17, 15) is 9.50 Å². The summed E-state index contributed by atoms with van der Waals surface area (Å²) in [5.41, 5.74) is 0.854. The van der Waals surface area contributed by atoms with Gasteiger partial charge in [-0.3, -0.25) is 0 Å². The van der Waals surface area contributed by atoms with Crippen molar-refractivity contribution < 1.29 is 19.0 Å². The molecule has 0 bridgehead atoms. The lowest BCUT2D eigenvalue weighted by atomic mass is 9.83. The summed E-state index contributed by atoms with van der Waals surface area (Å²) >= 11 is 0. The first-order valence-electron chi connectivity index (χ1n) is 6.14. The van der Waals surface area contributed by atoms with Crippen LogP contribution in [0.1, 0.15) is 38.1 Å². The monoisotopic (exact) mass is 254 g/mol. The highest BCUT2D eigenvalue weighted by Crippen LogP contribution is 2.42. The van der Waals surface area contributed by atoms with Crippen LogP contribution in [0.15, 0.2) is 12.1 Å². The number of fused-ring (bicyclic) bond motifs is 1. The molecule has 2 rings (SSSR count). The Kier molecular flexibility index (Phi) is 3.48. The highest BCUT2D eigenvalue weighted by Gasteiger charge is 2.29. The largest absolute Gasteiger partial charge is 0.486 e. The van der Waals surface area contributed by atoms with E-state index in [4.69, 9.17) is 9.47 Å². The number of hydrogen-bond donors (Lipinski definition) is 1. The fraction of sp³-hybridized carbons (Fsp3) is 0.571. The summed E-state index contributed by atoms with van der Waals surface area (Å²) in [5, 5.41) is 9.49. The van der Waals surface area contributed by atoms with Gasteiger partial charge in [-0.15, -0.1) is 0 Å². The maximum atomic E-state index is 13.5. The Hall–Kier alpha value is -1.29. The summed E-state index contributed by atoms with van der Waals surface area (Å²) in [6.07, 6.45) is -1.07. The van der Waals surface area contributed by atoms with Crippen LogP contribution in [-0.4, -0.2) is 24.9 Å². The minimum absolute atomic E-state index is 0.0348. The first-order chi connectivity index (χ1) is 8.45. The molecule has 0 fully saturated rings. The van der Waals surface area contributed by atoms with Crippen LogP contribution in [0.5, 0.6) is 11.5 Å². The first-order valence-corrected chi connectivity index (χ1v) is 6.14. The number of ether oxygens (including phenoxy) is 2. The minimum Gasteiger partial charge on any atom is -0.486 e. The molecule has 1 atom stereocenters. The van der Waals surface area contributed by atoms with E-state index >= 15 is 0 Å². The van der Waals surface area contributed by atoms with E-state index < -0.39 is 11.6 Å². The summed E-state index contributed by atoms with van der Waals surface area (Å²) in [6.45, 7) is 6.19. The molecule has 1 aliphatic heterocycles. The van der Waals surface area contributed by atoms with Gasteiger partial charge in [-0.25, -0.2) is 4.39 Å². The Balaban J connectivity index is 2.58. The second-order valence-electron chi connectivity index (χ2n) is 5.25. The Morgan fingerprint density at radius 1 is 1.33 bits per heavy atom. The topological polar surface area (TPSA) is 38.7 Å². The molecule has 0 radical (unpaired) electrons. The molecule has 1 aromatic carbocycles. The number of hydrogen-bond acceptors (Lipinski definition) is 3. The van der Waals surface area contributed by atoms with Crippen molar-refractivity contribution in [2.75, 3.05) is 19.8 Å². The third kappa shape index (κ3) is 2.29. The second-order valence-corrected chi connectivity index (χ2v) is 5.25. The van der Waals surface area contributed by atoms with Crippen LogP contribution >= 0.6 is 0 Å². The van der Waals surface area contributed by atoms with Gasteiger partial charge in [0.05, 0.1) is 6.61 Å². The van der Waals surface area contributed by atoms with Crippen molar-refractivity contribution >= 4 is 0 Å². The fourth-order valence-electron chi connectivity index (χ4n) is 1.99. The molecule has 0 amide bonds. The van der Waals surface area contributed by atoms with Gasteiger partial charge in [-0.1, -0.05) is 13.8 Å². The van der Waals surface area contributed by atoms with E-state index in [0.717, 1.165) is 5.56 Å². The van der Waals surface area contributed by atoms with Crippen LogP contribution in [-0.2, 0) is 5.41 Å². The Morgan fingerprint density at radius 2 is 2.00 bits per heavy atom. The maximum absolute atomic E-state index is 13.5. The average molecular weight is 254 g/mol. The third-order valence-corrected chi connectivity index (χ3v) is 3.25. The number of rotatable bonds is 3. The highest BCUT2D eigenvalue weighted by molar-refractivity contribution is 5.53. The van der Waals surface area contributed by atoms with Crippen molar-refractivity contribution in [3.63, 3.8) is 0 Å². The molecule has 100 valence electrons. The van der Waals surface area contributed by atoms with Gasteiger partial charge in [0.15, 0.2) is 11.5 Å². The summed E-state index contributed by atoms with van der Waals surface area (Å²) in [4.78, 5) is 0. The third-order valence-electron chi connectivity index (χ3n) is 3.25. The summed E-state index contributed by atoms with van der Waals surface area (Å²) < 4.78 is 24.7. The molecular formula is C14H19FO3. The molecule has 0 saturated heterocycles. The molecule has 0 aromatic heterocycles. The number of halogens is 1. The van der Waals surface area contributed by atoms with E-state index in [2.05, 4.69) is 0 Å². The molecule has 3 nitrogen and oxygen atoms in total. The second kappa shape index (κ2) is 4.76. The maximum Gasteiger partial charge on any atom is 0.165 e. The zero-order valence-corrected chi connectivity index (χ0v) is 11.0. The van der Waals surface area contributed by atoms with Gasteiger partial charge >= 0.3 is 0 Å². The van der Waals surface area contributed by atoms with Crippen molar-refractivity contribution in [3.05, 3.63) is 23.3 Å². The van der Waals surface area contributed by atoms with Gasteiger partial charge < -0.3 is 14.6 Å². The molecule has 0 aliphatic carbocycles. The number of alkyl halides is 1. The molecule has 1 aliphatic rings. The van der Waals surface area contributed by atoms with E-state index in [1.807, 2.05) is 13.8 Å². The van der Waals surface area contributed by atoms with Gasteiger partial charge in [0.25, 0.3) is 0 Å². The van der Waals surface area contributed by atoms with Crippen LogP contribution in [0.25, 0.3) is 0 Å². The predicted octanol–water partition coefficient (Wildman–Crippen LogP) is 2.76. The minimum atomic E-state index is -1.07. The van der Waals surface area contributed by atoms with Crippen LogP contribution in [0.4, 0.5) is 4.39 Å². The number of aliphatic hydroxyl groups is 1. The SMILES string of the molecule is CC(F)c1cc2c(c(C(C)(C)CO)c1)OCCO2. The van der Waals surface area contributed by atoms with Crippen molar-refractivity contribution in [3.8, 4) is 11.5 Å². The Morgan fingerprint density at radius 3 is 2.61 bits per heavy atom. The molecule has 1 heterocycles. The molecule has 18 heavy (non-hydrogen) atoms. The lowest BCUT2D eigenvalue weighted by Crippen LogP contribution is -2.26. The summed E-state index contributed by atoms with van der Waals surface area (Å²) in [5.74, 6) is 1.20. The molecule has 1 unspecified atom stereocenters. The first kappa shape index (κ1) is 13.1. The van der Waals surface area contributed by atoms with Crippen molar-refractivity contribution in [1.82, 2.24) is 0 Å². The Labute approximate surface area is 107 Å². The zero-order valence-electron chi connectivity index (χ0n) is 11.0.